The van der Waals surface area contributed by atoms with Crippen molar-refractivity contribution in [2.45, 2.75) is 56.8 Å². The number of aliphatic carboxylic acids is 2. The Balaban J connectivity index is 2.07. The van der Waals surface area contributed by atoms with Gasteiger partial charge < -0.3 is 10.2 Å². The second kappa shape index (κ2) is 7.25. The van der Waals surface area contributed by atoms with Crippen LogP contribution in [-0.4, -0.2) is 22.2 Å². The number of hydrogen-bond acceptors (Lipinski definition) is 2. The molecule has 114 valence electrons. The molecule has 4 heteroatoms. The van der Waals surface area contributed by atoms with Crippen LogP contribution in [0, 0.1) is 0 Å². The third-order valence-corrected chi connectivity index (χ3v) is 4.36. The predicted octanol–water partition coefficient (Wildman–Crippen LogP) is 3.77. The van der Waals surface area contributed by atoms with Gasteiger partial charge in [0.2, 0.25) is 0 Å². The largest absolute Gasteiger partial charge is 0.481 e. The van der Waals surface area contributed by atoms with Crippen LogP contribution in [0.3, 0.4) is 0 Å². The van der Waals surface area contributed by atoms with Gasteiger partial charge in [-0.1, -0.05) is 43.5 Å². The molecule has 0 radical (unpaired) electrons. The normalized spacial score (nSPS) is 17.3. The van der Waals surface area contributed by atoms with E-state index in [1.54, 1.807) is 0 Å². The Morgan fingerprint density at radius 2 is 1.67 bits per heavy atom. The molecule has 1 aliphatic rings. The second-order valence-corrected chi connectivity index (χ2v) is 5.82. The maximum Gasteiger partial charge on any atom is 0.310 e. The molecule has 0 aromatic heterocycles. The molecule has 1 atom stereocenters. The molecule has 0 spiro atoms. The summed E-state index contributed by atoms with van der Waals surface area (Å²) in [5.41, 5.74) is 1.98. The summed E-state index contributed by atoms with van der Waals surface area (Å²) in [7, 11) is 0. The Hall–Kier alpha value is -1.84. The van der Waals surface area contributed by atoms with Crippen LogP contribution in [0.2, 0.25) is 0 Å². The third-order valence-electron chi connectivity index (χ3n) is 4.36. The third kappa shape index (κ3) is 4.31. The fourth-order valence-electron chi connectivity index (χ4n) is 3.14. The van der Waals surface area contributed by atoms with Crippen LogP contribution >= 0.6 is 0 Å². The van der Waals surface area contributed by atoms with Gasteiger partial charge in [-0.25, -0.2) is 0 Å². The summed E-state index contributed by atoms with van der Waals surface area (Å²) in [5, 5.41) is 18.0. The molecule has 1 fully saturated rings. The molecule has 2 rings (SSSR count). The van der Waals surface area contributed by atoms with Crippen molar-refractivity contribution in [1.82, 2.24) is 0 Å². The Morgan fingerprint density at radius 1 is 1.05 bits per heavy atom. The van der Waals surface area contributed by atoms with Crippen molar-refractivity contribution in [1.29, 1.82) is 0 Å². The Morgan fingerprint density at radius 3 is 2.19 bits per heavy atom. The molecule has 1 aromatic carbocycles. The molecule has 4 nitrogen and oxygen atoms in total. The molecule has 21 heavy (non-hydrogen) atoms. The van der Waals surface area contributed by atoms with E-state index in [4.69, 9.17) is 5.11 Å². The summed E-state index contributed by atoms with van der Waals surface area (Å²) < 4.78 is 0. The van der Waals surface area contributed by atoms with Gasteiger partial charge in [0, 0.05) is 6.42 Å². The van der Waals surface area contributed by atoms with Crippen LogP contribution in [0.1, 0.15) is 67.9 Å². The first kappa shape index (κ1) is 15.5. The molecule has 0 aliphatic heterocycles. The van der Waals surface area contributed by atoms with Crippen molar-refractivity contribution in [3.63, 3.8) is 0 Å². The van der Waals surface area contributed by atoms with Crippen molar-refractivity contribution >= 4 is 11.9 Å². The first-order valence-electron chi connectivity index (χ1n) is 7.62. The van der Waals surface area contributed by atoms with Crippen LogP contribution in [0.5, 0.6) is 0 Å². The SMILES string of the molecule is O=C(O)CCC(C(=O)O)c1ccc(C2CCCCC2)cc1. The fourth-order valence-corrected chi connectivity index (χ4v) is 3.14. The van der Waals surface area contributed by atoms with E-state index in [2.05, 4.69) is 0 Å². The molecule has 0 saturated heterocycles. The molecular weight excluding hydrogens is 268 g/mol. The lowest BCUT2D eigenvalue weighted by atomic mass is 9.83. The minimum Gasteiger partial charge on any atom is -0.481 e. The highest BCUT2D eigenvalue weighted by Gasteiger charge is 2.22. The van der Waals surface area contributed by atoms with Gasteiger partial charge in [-0.15, -0.1) is 0 Å². The quantitative estimate of drug-likeness (QED) is 0.836. The highest BCUT2D eigenvalue weighted by atomic mass is 16.4. The number of rotatable bonds is 6. The minimum absolute atomic E-state index is 0.124. The van der Waals surface area contributed by atoms with Gasteiger partial charge in [0.15, 0.2) is 0 Å². The van der Waals surface area contributed by atoms with Gasteiger partial charge >= 0.3 is 11.9 Å². The van der Waals surface area contributed by atoms with Gasteiger partial charge in [-0.05, 0) is 36.3 Å². The van der Waals surface area contributed by atoms with Gasteiger partial charge in [-0.2, -0.15) is 0 Å². The summed E-state index contributed by atoms with van der Waals surface area (Å²) in [4.78, 5) is 21.9. The van der Waals surface area contributed by atoms with E-state index in [0.29, 0.717) is 11.5 Å². The van der Waals surface area contributed by atoms with E-state index >= 15 is 0 Å². The van der Waals surface area contributed by atoms with Crippen molar-refractivity contribution in [2.75, 3.05) is 0 Å². The Labute approximate surface area is 124 Å². The van der Waals surface area contributed by atoms with Crippen molar-refractivity contribution in [3.05, 3.63) is 35.4 Å². The van der Waals surface area contributed by atoms with Crippen LogP contribution in [-0.2, 0) is 9.59 Å². The number of hydrogen-bond donors (Lipinski definition) is 2. The summed E-state index contributed by atoms with van der Waals surface area (Å²) in [6, 6.07) is 7.74. The van der Waals surface area contributed by atoms with Gasteiger partial charge in [0.05, 0.1) is 5.92 Å². The lowest BCUT2D eigenvalue weighted by Gasteiger charge is -2.22. The predicted molar refractivity (Wildman–Crippen MR) is 79.5 cm³/mol. The zero-order chi connectivity index (χ0) is 15.2. The van der Waals surface area contributed by atoms with Crippen LogP contribution in [0.4, 0.5) is 0 Å². The molecule has 1 aromatic rings. The zero-order valence-corrected chi connectivity index (χ0v) is 12.1. The van der Waals surface area contributed by atoms with Gasteiger partial charge in [-0.3, -0.25) is 9.59 Å². The van der Waals surface area contributed by atoms with Gasteiger partial charge in [0.1, 0.15) is 0 Å². The van der Waals surface area contributed by atoms with Crippen LogP contribution < -0.4 is 0 Å². The fraction of sp³-hybridized carbons (Fsp3) is 0.529. The average molecular weight is 290 g/mol. The lowest BCUT2D eigenvalue weighted by Crippen LogP contribution is -2.13. The molecule has 0 heterocycles. The van der Waals surface area contributed by atoms with Crippen LogP contribution in [0.15, 0.2) is 24.3 Å². The summed E-state index contributed by atoms with van der Waals surface area (Å²) in [6.45, 7) is 0. The standard InChI is InChI=1S/C17H22O4/c18-16(19)11-10-15(17(20)21)14-8-6-13(7-9-14)12-4-2-1-3-5-12/h6-9,12,15H,1-5,10-11H2,(H,18,19)(H,20,21). The minimum atomic E-state index is -0.958. The van der Waals surface area contributed by atoms with Crippen LogP contribution in [0.25, 0.3) is 0 Å². The average Bonchev–Trinajstić information content (AvgIpc) is 2.48. The number of carboxylic acid groups (broad SMARTS) is 2. The van der Waals surface area contributed by atoms with Crippen molar-refractivity contribution < 1.29 is 19.8 Å². The maximum atomic E-state index is 11.3. The first-order valence-corrected chi connectivity index (χ1v) is 7.62. The van der Waals surface area contributed by atoms with Gasteiger partial charge in [0.25, 0.3) is 0 Å². The Bertz CT molecular complexity index is 486. The second-order valence-electron chi connectivity index (χ2n) is 5.82. The smallest absolute Gasteiger partial charge is 0.310 e. The van der Waals surface area contributed by atoms with E-state index in [0.717, 1.165) is 0 Å². The molecular formula is C17H22O4. The van der Waals surface area contributed by atoms with Crippen molar-refractivity contribution in [3.8, 4) is 0 Å². The number of benzene rings is 1. The molecule has 1 aliphatic carbocycles. The highest BCUT2D eigenvalue weighted by Crippen LogP contribution is 2.33. The van der Waals surface area contributed by atoms with E-state index in [-0.39, 0.29) is 12.8 Å². The summed E-state index contributed by atoms with van der Waals surface area (Å²) >= 11 is 0. The first-order chi connectivity index (χ1) is 10.1. The molecule has 0 amide bonds. The monoisotopic (exact) mass is 290 g/mol. The zero-order valence-electron chi connectivity index (χ0n) is 12.1. The van der Waals surface area contributed by atoms with E-state index in [9.17, 15) is 14.7 Å². The molecule has 2 N–H and O–H groups in total. The lowest BCUT2D eigenvalue weighted by molar-refractivity contribution is -0.140. The van der Waals surface area contributed by atoms with Crippen molar-refractivity contribution in [2.24, 2.45) is 0 Å². The Kier molecular flexibility index (Phi) is 5.37. The highest BCUT2D eigenvalue weighted by molar-refractivity contribution is 5.77. The molecule has 0 bridgehead atoms. The molecule has 1 saturated carbocycles. The number of carboxylic acids is 2. The summed E-state index contributed by atoms with van der Waals surface area (Å²) in [5.74, 6) is -2.06. The molecule has 1 unspecified atom stereocenters. The maximum absolute atomic E-state index is 11.3. The topological polar surface area (TPSA) is 74.6 Å². The van der Waals surface area contributed by atoms with E-state index in [1.165, 1.54) is 37.7 Å². The number of carbonyl (C=O) groups is 2. The van der Waals surface area contributed by atoms with E-state index < -0.39 is 17.9 Å². The van der Waals surface area contributed by atoms with E-state index in [1.807, 2.05) is 24.3 Å². The summed E-state index contributed by atoms with van der Waals surface area (Å²) in [6.07, 6.45) is 6.27.